The maximum atomic E-state index is 12.3. The minimum Gasteiger partial charge on any atom is -0.496 e. The Bertz CT molecular complexity index is 710. The molecule has 1 amide bonds. The highest BCUT2D eigenvalue weighted by molar-refractivity contribution is 9.10. The van der Waals surface area contributed by atoms with Crippen molar-refractivity contribution in [2.45, 2.75) is 25.4 Å². The molecule has 2 heterocycles. The summed E-state index contributed by atoms with van der Waals surface area (Å²) in [6.45, 7) is 2.41. The van der Waals surface area contributed by atoms with Crippen LogP contribution < -0.4 is 15.4 Å². The highest BCUT2D eigenvalue weighted by atomic mass is 79.9. The first kappa shape index (κ1) is 17.0. The molecule has 6 nitrogen and oxygen atoms in total. The Morgan fingerprint density at radius 3 is 3.08 bits per heavy atom. The van der Waals surface area contributed by atoms with Crippen LogP contribution in [0, 0.1) is 0 Å². The van der Waals surface area contributed by atoms with E-state index in [-0.39, 0.29) is 5.91 Å². The van der Waals surface area contributed by atoms with Gasteiger partial charge >= 0.3 is 0 Å². The van der Waals surface area contributed by atoms with Gasteiger partial charge in [0.2, 0.25) is 0 Å². The number of benzene rings is 1. The summed E-state index contributed by atoms with van der Waals surface area (Å²) in [4.78, 5) is 12.3. The molecule has 1 aromatic carbocycles. The molecule has 0 spiro atoms. The second kappa shape index (κ2) is 7.81. The van der Waals surface area contributed by atoms with Crippen LogP contribution in [0.2, 0.25) is 0 Å². The number of hydrogen-bond donors (Lipinski definition) is 2. The van der Waals surface area contributed by atoms with Crippen LogP contribution >= 0.6 is 15.9 Å². The highest BCUT2D eigenvalue weighted by Gasteiger charge is 2.17. The molecule has 0 radical (unpaired) electrons. The molecule has 0 saturated carbocycles. The maximum Gasteiger partial charge on any atom is 0.272 e. The number of methoxy groups -OCH3 is 1. The van der Waals surface area contributed by atoms with Crippen molar-refractivity contribution in [2.75, 3.05) is 20.2 Å². The van der Waals surface area contributed by atoms with E-state index in [1.165, 1.54) is 0 Å². The third kappa shape index (κ3) is 3.96. The van der Waals surface area contributed by atoms with E-state index in [0.717, 1.165) is 41.7 Å². The maximum absolute atomic E-state index is 12.3. The van der Waals surface area contributed by atoms with Crippen LogP contribution in [0.5, 0.6) is 5.75 Å². The first-order valence-corrected chi connectivity index (χ1v) is 8.83. The number of aromatic nitrogens is 2. The van der Waals surface area contributed by atoms with E-state index in [1.54, 1.807) is 13.2 Å². The number of amides is 1. The normalized spacial score (nSPS) is 17.5. The fraction of sp³-hybridized carbons (Fsp3) is 0.412. The molecule has 1 fully saturated rings. The summed E-state index contributed by atoms with van der Waals surface area (Å²) in [6, 6.07) is 7.84. The molecule has 128 valence electrons. The van der Waals surface area contributed by atoms with Gasteiger partial charge in [0.25, 0.3) is 5.91 Å². The average molecular weight is 393 g/mol. The van der Waals surface area contributed by atoms with Gasteiger partial charge in [-0.2, -0.15) is 5.10 Å². The number of hydrogen-bond acceptors (Lipinski definition) is 4. The number of nitrogens with zero attached hydrogens (tertiary/aromatic N) is 2. The molecule has 0 bridgehead atoms. The van der Waals surface area contributed by atoms with Gasteiger partial charge in [-0.3, -0.25) is 9.48 Å². The van der Waals surface area contributed by atoms with Gasteiger partial charge in [0, 0.05) is 19.3 Å². The zero-order valence-electron chi connectivity index (χ0n) is 13.6. The second-order valence-corrected chi connectivity index (χ2v) is 6.69. The first-order chi connectivity index (χ1) is 11.7. The first-order valence-electron chi connectivity index (χ1n) is 8.04. The van der Waals surface area contributed by atoms with Crippen molar-refractivity contribution in [1.82, 2.24) is 20.4 Å². The monoisotopic (exact) mass is 392 g/mol. The zero-order chi connectivity index (χ0) is 16.9. The number of piperidine rings is 1. The third-order valence-electron chi connectivity index (χ3n) is 4.16. The summed E-state index contributed by atoms with van der Waals surface area (Å²) in [6.07, 6.45) is 4.12. The van der Waals surface area contributed by atoms with Crippen molar-refractivity contribution in [3.05, 3.63) is 46.2 Å². The lowest BCUT2D eigenvalue weighted by molar-refractivity contribution is 0.0944. The Balaban J connectivity index is 1.59. The smallest absolute Gasteiger partial charge is 0.272 e. The lowest BCUT2D eigenvalue weighted by Gasteiger charge is -2.22. The van der Waals surface area contributed by atoms with E-state index in [4.69, 9.17) is 4.74 Å². The molecular weight excluding hydrogens is 372 g/mol. The SMILES string of the molecule is COc1ccc(CNC(=O)c2ccn(C3CCCNC3)n2)cc1Br. The van der Waals surface area contributed by atoms with Crippen molar-refractivity contribution in [3.63, 3.8) is 0 Å². The van der Waals surface area contributed by atoms with E-state index < -0.39 is 0 Å². The molecule has 7 heteroatoms. The summed E-state index contributed by atoms with van der Waals surface area (Å²) in [5, 5.41) is 10.7. The van der Waals surface area contributed by atoms with Crippen molar-refractivity contribution < 1.29 is 9.53 Å². The zero-order valence-corrected chi connectivity index (χ0v) is 15.2. The molecule has 2 aromatic rings. The van der Waals surface area contributed by atoms with Crippen molar-refractivity contribution in [2.24, 2.45) is 0 Å². The molecule has 1 aliphatic heterocycles. The van der Waals surface area contributed by atoms with Gasteiger partial charge in [-0.15, -0.1) is 0 Å². The van der Waals surface area contributed by atoms with Crippen molar-refractivity contribution in [3.8, 4) is 5.75 Å². The number of nitrogens with one attached hydrogen (secondary N) is 2. The van der Waals surface area contributed by atoms with Crippen molar-refractivity contribution >= 4 is 21.8 Å². The fourth-order valence-electron chi connectivity index (χ4n) is 2.81. The molecule has 1 aromatic heterocycles. The van der Waals surface area contributed by atoms with Crippen LogP contribution in [0.4, 0.5) is 0 Å². The highest BCUT2D eigenvalue weighted by Crippen LogP contribution is 2.25. The Hall–Kier alpha value is -1.86. The summed E-state index contributed by atoms with van der Waals surface area (Å²) < 4.78 is 7.96. The number of carbonyl (C=O) groups is 1. The van der Waals surface area contributed by atoms with E-state index in [0.29, 0.717) is 18.3 Å². The number of carbonyl (C=O) groups excluding carboxylic acids is 1. The van der Waals surface area contributed by atoms with Crippen LogP contribution in [0.15, 0.2) is 34.9 Å². The summed E-state index contributed by atoms with van der Waals surface area (Å²) >= 11 is 3.45. The minimum atomic E-state index is -0.163. The Morgan fingerprint density at radius 2 is 2.38 bits per heavy atom. The quantitative estimate of drug-likeness (QED) is 0.819. The third-order valence-corrected chi connectivity index (χ3v) is 4.77. The molecular formula is C17H21BrN4O2. The van der Waals surface area contributed by atoms with Gasteiger partial charge in [0.15, 0.2) is 0 Å². The lowest BCUT2D eigenvalue weighted by atomic mass is 10.1. The Morgan fingerprint density at radius 1 is 1.50 bits per heavy atom. The van der Waals surface area contributed by atoms with Gasteiger partial charge in [0.1, 0.15) is 11.4 Å². The molecule has 2 N–H and O–H groups in total. The molecule has 1 saturated heterocycles. The molecule has 1 atom stereocenters. The molecule has 1 aliphatic rings. The standard InChI is InChI=1S/C17H21BrN4O2/c1-24-16-5-4-12(9-14(16)18)10-20-17(23)15-6-8-22(21-15)13-3-2-7-19-11-13/h4-6,8-9,13,19H,2-3,7,10-11H2,1H3,(H,20,23). The van der Waals surface area contributed by atoms with Crippen LogP contribution in [-0.2, 0) is 6.54 Å². The Kier molecular flexibility index (Phi) is 5.52. The minimum absolute atomic E-state index is 0.163. The lowest BCUT2D eigenvalue weighted by Crippen LogP contribution is -2.32. The molecule has 1 unspecified atom stereocenters. The van der Waals surface area contributed by atoms with E-state index >= 15 is 0 Å². The van der Waals surface area contributed by atoms with Crippen LogP contribution in [-0.4, -0.2) is 35.9 Å². The summed E-state index contributed by atoms with van der Waals surface area (Å²) in [5.41, 5.74) is 1.44. The fourth-order valence-corrected chi connectivity index (χ4v) is 3.40. The van der Waals surface area contributed by atoms with E-state index in [9.17, 15) is 4.79 Å². The largest absolute Gasteiger partial charge is 0.496 e. The number of ether oxygens (including phenoxy) is 1. The predicted octanol–water partition coefficient (Wildman–Crippen LogP) is 2.51. The van der Waals surface area contributed by atoms with Gasteiger partial charge in [0.05, 0.1) is 17.6 Å². The van der Waals surface area contributed by atoms with Crippen molar-refractivity contribution in [1.29, 1.82) is 0 Å². The summed E-state index contributed by atoms with van der Waals surface area (Å²) in [5.74, 6) is 0.606. The van der Waals surface area contributed by atoms with Gasteiger partial charge in [-0.05, 0) is 59.1 Å². The second-order valence-electron chi connectivity index (χ2n) is 5.83. The number of halogens is 1. The summed E-state index contributed by atoms with van der Waals surface area (Å²) in [7, 11) is 1.62. The van der Waals surface area contributed by atoms with Gasteiger partial charge < -0.3 is 15.4 Å². The average Bonchev–Trinajstić information content (AvgIpc) is 3.11. The van der Waals surface area contributed by atoms with Gasteiger partial charge in [-0.1, -0.05) is 6.07 Å². The van der Waals surface area contributed by atoms with Crippen LogP contribution in [0.25, 0.3) is 0 Å². The topological polar surface area (TPSA) is 68.2 Å². The molecule has 3 rings (SSSR count). The molecule has 24 heavy (non-hydrogen) atoms. The van der Waals surface area contributed by atoms with Crippen LogP contribution in [0.3, 0.4) is 0 Å². The Labute approximate surface area is 149 Å². The van der Waals surface area contributed by atoms with Gasteiger partial charge in [-0.25, -0.2) is 0 Å². The molecule has 0 aliphatic carbocycles. The van der Waals surface area contributed by atoms with E-state index in [2.05, 4.69) is 31.7 Å². The predicted molar refractivity (Wildman–Crippen MR) is 95.2 cm³/mol. The number of rotatable bonds is 5. The van der Waals surface area contributed by atoms with E-state index in [1.807, 2.05) is 29.1 Å². The van der Waals surface area contributed by atoms with Crippen LogP contribution in [0.1, 0.15) is 34.9 Å².